The Balaban J connectivity index is 1.85. The minimum Gasteiger partial charge on any atom is -0.351 e. The zero-order valence-electron chi connectivity index (χ0n) is 13.8. The van der Waals surface area contributed by atoms with Crippen molar-refractivity contribution in [2.24, 2.45) is 0 Å². The van der Waals surface area contributed by atoms with Crippen molar-refractivity contribution in [2.75, 3.05) is 13.1 Å². The molecule has 1 amide bonds. The molecule has 24 heavy (non-hydrogen) atoms. The summed E-state index contributed by atoms with van der Waals surface area (Å²) in [5.41, 5.74) is 1.63. The van der Waals surface area contributed by atoms with Gasteiger partial charge in [-0.3, -0.25) is 4.79 Å². The first-order valence-electron chi connectivity index (χ1n) is 7.83. The molecule has 0 aromatic heterocycles. The number of carbonyl (C=O) groups excluding carboxylic acids is 1. The maximum Gasteiger partial charge on any atom is 0.251 e. The summed E-state index contributed by atoms with van der Waals surface area (Å²) in [5.74, 6) is 0.124. The summed E-state index contributed by atoms with van der Waals surface area (Å²) < 4.78 is 26.9. The average molecular weight is 346 g/mol. The van der Waals surface area contributed by atoms with Crippen LogP contribution in [0.5, 0.6) is 0 Å². The molecule has 0 aliphatic heterocycles. The van der Waals surface area contributed by atoms with E-state index in [2.05, 4.69) is 23.9 Å². The predicted octanol–water partition coefficient (Wildman–Crippen LogP) is 2.52. The van der Waals surface area contributed by atoms with Gasteiger partial charge in [-0.05, 0) is 35.7 Å². The van der Waals surface area contributed by atoms with Gasteiger partial charge < -0.3 is 5.32 Å². The van der Waals surface area contributed by atoms with Crippen LogP contribution in [0.4, 0.5) is 0 Å². The summed E-state index contributed by atoms with van der Waals surface area (Å²) in [7, 11) is -3.57. The van der Waals surface area contributed by atoms with Crippen molar-refractivity contribution in [3.8, 4) is 0 Å². The van der Waals surface area contributed by atoms with Crippen LogP contribution < -0.4 is 10.0 Å². The van der Waals surface area contributed by atoms with Gasteiger partial charge in [-0.1, -0.05) is 44.2 Å². The molecule has 0 aliphatic rings. The Kier molecular flexibility index (Phi) is 6.11. The van der Waals surface area contributed by atoms with E-state index in [0.717, 1.165) is 5.56 Å². The van der Waals surface area contributed by atoms with Crippen LogP contribution in [-0.4, -0.2) is 27.4 Å². The second-order valence-corrected chi connectivity index (χ2v) is 7.51. The van der Waals surface area contributed by atoms with E-state index >= 15 is 0 Å². The van der Waals surface area contributed by atoms with Crippen LogP contribution >= 0.6 is 0 Å². The lowest BCUT2D eigenvalue weighted by molar-refractivity contribution is 0.0954. The van der Waals surface area contributed by atoms with Crippen molar-refractivity contribution in [1.82, 2.24) is 10.0 Å². The van der Waals surface area contributed by atoms with Crippen molar-refractivity contribution < 1.29 is 13.2 Å². The van der Waals surface area contributed by atoms with Gasteiger partial charge in [-0.15, -0.1) is 0 Å². The second-order valence-electron chi connectivity index (χ2n) is 5.74. The van der Waals surface area contributed by atoms with Crippen LogP contribution in [0.15, 0.2) is 59.5 Å². The minimum atomic E-state index is -3.57. The molecule has 2 rings (SSSR count). The van der Waals surface area contributed by atoms with Crippen LogP contribution in [0.25, 0.3) is 0 Å². The van der Waals surface area contributed by atoms with Crippen molar-refractivity contribution in [2.45, 2.75) is 24.7 Å². The average Bonchev–Trinajstić information content (AvgIpc) is 2.59. The fraction of sp³-hybridized carbons (Fsp3) is 0.278. The molecule has 0 unspecified atom stereocenters. The van der Waals surface area contributed by atoms with Crippen LogP contribution in [0.2, 0.25) is 0 Å². The number of rotatable bonds is 7. The van der Waals surface area contributed by atoms with Crippen molar-refractivity contribution in [3.05, 3.63) is 65.7 Å². The van der Waals surface area contributed by atoms with E-state index in [0.29, 0.717) is 11.5 Å². The SMILES string of the molecule is CC(C)c1ccc(S(=O)(=O)NCCNC(=O)c2ccccc2)cc1. The largest absolute Gasteiger partial charge is 0.351 e. The maximum absolute atomic E-state index is 12.2. The maximum atomic E-state index is 12.2. The summed E-state index contributed by atoms with van der Waals surface area (Å²) in [6.07, 6.45) is 0. The number of hydrogen-bond acceptors (Lipinski definition) is 3. The number of hydrogen-bond donors (Lipinski definition) is 2. The molecule has 128 valence electrons. The summed E-state index contributed by atoms with van der Waals surface area (Å²) in [5, 5.41) is 2.68. The molecule has 0 radical (unpaired) electrons. The first kappa shape index (κ1) is 18.2. The third kappa shape index (κ3) is 4.91. The van der Waals surface area contributed by atoms with Gasteiger partial charge in [0.2, 0.25) is 10.0 Å². The lowest BCUT2D eigenvalue weighted by atomic mass is 10.0. The van der Waals surface area contributed by atoms with E-state index < -0.39 is 10.0 Å². The monoisotopic (exact) mass is 346 g/mol. The van der Waals surface area contributed by atoms with Gasteiger partial charge in [0.15, 0.2) is 0 Å². The summed E-state index contributed by atoms with van der Waals surface area (Å²) >= 11 is 0. The molecule has 2 aromatic rings. The third-order valence-electron chi connectivity index (χ3n) is 3.60. The highest BCUT2D eigenvalue weighted by Crippen LogP contribution is 2.17. The molecule has 0 saturated heterocycles. The smallest absolute Gasteiger partial charge is 0.251 e. The highest BCUT2D eigenvalue weighted by molar-refractivity contribution is 7.89. The fourth-order valence-electron chi connectivity index (χ4n) is 2.17. The van der Waals surface area contributed by atoms with Gasteiger partial charge in [0.05, 0.1) is 4.90 Å². The molecular weight excluding hydrogens is 324 g/mol. The Morgan fingerprint density at radius 2 is 1.58 bits per heavy atom. The lowest BCUT2D eigenvalue weighted by Gasteiger charge is -2.10. The molecule has 2 N–H and O–H groups in total. The third-order valence-corrected chi connectivity index (χ3v) is 5.07. The van der Waals surface area contributed by atoms with Gasteiger partial charge >= 0.3 is 0 Å². The summed E-state index contributed by atoms with van der Waals surface area (Å²) in [6.45, 7) is 4.46. The Bertz CT molecular complexity index is 770. The van der Waals surface area contributed by atoms with Crippen molar-refractivity contribution in [1.29, 1.82) is 0 Å². The molecule has 0 aliphatic carbocycles. The van der Waals surface area contributed by atoms with E-state index in [-0.39, 0.29) is 23.9 Å². The number of carbonyl (C=O) groups is 1. The normalized spacial score (nSPS) is 11.5. The van der Waals surface area contributed by atoms with Gasteiger partial charge in [-0.2, -0.15) is 0 Å². The molecule has 0 saturated carbocycles. The van der Waals surface area contributed by atoms with E-state index in [1.165, 1.54) is 0 Å². The van der Waals surface area contributed by atoms with E-state index in [4.69, 9.17) is 0 Å². The molecule has 0 spiro atoms. The Morgan fingerprint density at radius 3 is 2.17 bits per heavy atom. The molecule has 0 bridgehead atoms. The van der Waals surface area contributed by atoms with Crippen molar-refractivity contribution in [3.63, 3.8) is 0 Å². The standard InChI is InChI=1S/C18H22N2O3S/c1-14(2)15-8-10-17(11-9-15)24(22,23)20-13-12-19-18(21)16-6-4-3-5-7-16/h3-11,14,20H,12-13H2,1-2H3,(H,19,21). The van der Waals surface area contributed by atoms with E-state index in [9.17, 15) is 13.2 Å². The van der Waals surface area contributed by atoms with E-state index in [1.807, 2.05) is 18.2 Å². The second kappa shape index (κ2) is 8.08. The highest BCUT2D eigenvalue weighted by Gasteiger charge is 2.13. The van der Waals surface area contributed by atoms with Gasteiger partial charge in [0, 0.05) is 18.7 Å². The number of amides is 1. The predicted molar refractivity (Wildman–Crippen MR) is 94.5 cm³/mol. The number of benzene rings is 2. The number of sulfonamides is 1. The lowest BCUT2D eigenvalue weighted by Crippen LogP contribution is -2.34. The van der Waals surface area contributed by atoms with Crippen LogP contribution in [-0.2, 0) is 10.0 Å². The summed E-state index contributed by atoms with van der Waals surface area (Å²) in [6, 6.07) is 15.6. The molecular formula is C18H22N2O3S. The van der Waals surface area contributed by atoms with Gasteiger partial charge in [0.25, 0.3) is 5.91 Å². The Labute approximate surface area is 143 Å². The zero-order chi connectivity index (χ0) is 17.6. The van der Waals surface area contributed by atoms with E-state index in [1.54, 1.807) is 36.4 Å². The minimum absolute atomic E-state index is 0.132. The highest BCUT2D eigenvalue weighted by atomic mass is 32.2. The van der Waals surface area contributed by atoms with Gasteiger partial charge in [-0.25, -0.2) is 13.1 Å². The van der Waals surface area contributed by atoms with Crippen LogP contribution in [0.1, 0.15) is 35.7 Å². The molecule has 0 heterocycles. The van der Waals surface area contributed by atoms with Gasteiger partial charge in [0.1, 0.15) is 0 Å². The zero-order valence-corrected chi connectivity index (χ0v) is 14.6. The topological polar surface area (TPSA) is 75.3 Å². The number of nitrogens with one attached hydrogen (secondary N) is 2. The molecule has 5 nitrogen and oxygen atoms in total. The Morgan fingerprint density at radius 1 is 0.958 bits per heavy atom. The Hall–Kier alpha value is -2.18. The fourth-order valence-corrected chi connectivity index (χ4v) is 3.20. The summed E-state index contributed by atoms with van der Waals surface area (Å²) in [4.78, 5) is 12.1. The van der Waals surface area contributed by atoms with Crippen LogP contribution in [0, 0.1) is 0 Å². The molecule has 2 aromatic carbocycles. The first-order valence-corrected chi connectivity index (χ1v) is 9.31. The first-order chi connectivity index (χ1) is 11.4. The van der Waals surface area contributed by atoms with Crippen molar-refractivity contribution >= 4 is 15.9 Å². The molecule has 0 fully saturated rings. The van der Waals surface area contributed by atoms with Crippen LogP contribution in [0.3, 0.4) is 0 Å². The molecule has 0 atom stereocenters. The molecule has 6 heteroatoms. The quantitative estimate of drug-likeness (QED) is 0.757.